The topological polar surface area (TPSA) is 55.0 Å². The molecule has 0 saturated carbocycles. The second-order valence-corrected chi connectivity index (χ2v) is 5.09. The average Bonchev–Trinajstić information content (AvgIpc) is 2.79. The van der Waals surface area contributed by atoms with Gasteiger partial charge in [-0.15, -0.1) is 11.3 Å². The highest BCUT2D eigenvalue weighted by Crippen LogP contribution is 2.26. The van der Waals surface area contributed by atoms with E-state index in [1.165, 1.54) is 5.56 Å². The Balaban J connectivity index is 2.07. The summed E-state index contributed by atoms with van der Waals surface area (Å²) in [7, 11) is 2.03. The largest absolute Gasteiger partial charge is 0.347 e. The number of nitrogens with two attached hydrogens (primary N) is 1. The molecule has 17 heavy (non-hydrogen) atoms. The molecule has 0 spiro atoms. The van der Waals surface area contributed by atoms with Crippen molar-refractivity contribution in [3.63, 3.8) is 0 Å². The van der Waals surface area contributed by atoms with Crippen LogP contribution in [0, 0.1) is 0 Å². The molecule has 5 heteroatoms. The van der Waals surface area contributed by atoms with Crippen LogP contribution in [0.5, 0.6) is 0 Å². The van der Waals surface area contributed by atoms with Crippen molar-refractivity contribution in [1.82, 2.24) is 9.97 Å². The Morgan fingerprint density at radius 3 is 2.71 bits per heavy atom. The molecular formula is C12H16N4S. The van der Waals surface area contributed by atoms with Crippen molar-refractivity contribution in [3.8, 4) is 0 Å². The summed E-state index contributed by atoms with van der Waals surface area (Å²) < 4.78 is 0. The Bertz CT molecular complexity index is 466. The first-order chi connectivity index (χ1) is 8.16. The monoisotopic (exact) mass is 248 g/mol. The van der Waals surface area contributed by atoms with Crippen molar-refractivity contribution in [2.75, 3.05) is 11.9 Å². The van der Waals surface area contributed by atoms with Gasteiger partial charge in [0.05, 0.1) is 0 Å². The van der Waals surface area contributed by atoms with E-state index in [-0.39, 0.29) is 6.04 Å². The van der Waals surface area contributed by atoms with E-state index in [1.807, 2.05) is 32.3 Å². The lowest BCUT2D eigenvalue weighted by molar-refractivity contribution is 0.835. The number of nitrogens with zero attached hydrogens (tertiary/aromatic N) is 3. The minimum atomic E-state index is 0.0515. The van der Waals surface area contributed by atoms with Gasteiger partial charge in [-0.25, -0.2) is 4.98 Å². The second kappa shape index (κ2) is 5.25. The van der Waals surface area contributed by atoms with Gasteiger partial charge in [-0.3, -0.25) is 4.98 Å². The summed E-state index contributed by atoms with van der Waals surface area (Å²) in [5, 5.41) is 0.995. The summed E-state index contributed by atoms with van der Waals surface area (Å²) in [6.45, 7) is 2.80. The van der Waals surface area contributed by atoms with Crippen molar-refractivity contribution in [2.45, 2.75) is 19.5 Å². The van der Waals surface area contributed by atoms with Crippen LogP contribution in [0.25, 0.3) is 0 Å². The van der Waals surface area contributed by atoms with Gasteiger partial charge in [0.2, 0.25) is 0 Å². The molecule has 0 amide bonds. The van der Waals surface area contributed by atoms with Crippen LogP contribution in [-0.2, 0) is 6.54 Å². The lowest BCUT2D eigenvalue weighted by Crippen LogP contribution is -2.15. The molecule has 0 fully saturated rings. The third-order valence-corrected chi connectivity index (χ3v) is 3.77. The van der Waals surface area contributed by atoms with Gasteiger partial charge in [-0.05, 0) is 24.6 Å². The molecule has 2 heterocycles. The molecule has 1 atom stereocenters. The predicted octanol–water partition coefficient (Wildman–Crippen LogP) is 2.19. The minimum absolute atomic E-state index is 0.0515. The molecule has 2 aromatic rings. The first-order valence-electron chi connectivity index (χ1n) is 5.48. The van der Waals surface area contributed by atoms with Crippen molar-refractivity contribution >= 4 is 16.5 Å². The van der Waals surface area contributed by atoms with E-state index >= 15 is 0 Å². The molecule has 0 bridgehead atoms. The van der Waals surface area contributed by atoms with Gasteiger partial charge in [0.1, 0.15) is 0 Å². The van der Waals surface area contributed by atoms with E-state index in [9.17, 15) is 0 Å². The smallest absolute Gasteiger partial charge is 0.185 e. The fraction of sp³-hybridized carbons (Fsp3) is 0.333. The number of anilines is 1. The van der Waals surface area contributed by atoms with E-state index < -0.39 is 0 Å². The van der Waals surface area contributed by atoms with E-state index in [0.29, 0.717) is 0 Å². The van der Waals surface area contributed by atoms with E-state index in [4.69, 9.17) is 5.73 Å². The first kappa shape index (κ1) is 12.0. The standard InChI is InChI=1S/C12H16N4S/c1-9(13)11-7-15-12(17-11)16(2)8-10-3-5-14-6-4-10/h3-7,9H,8,13H2,1-2H3. The number of rotatable bonds is 4. The molecule has 90 valence electrons. The van der Waals surface area contributed by atoms with Crippen LogP contribution >= 0.6 is 11.3 Å². The maximum atomic E-state index is 5.82. The second-order valence-electron chi connectivity index (χ2n) is 4.05. The average molecular weight is 248 g/mol. The van der Waals surface area contributed by atoms with Gasteiger partial charge in [0.15, 0.2) is 5.13 Å². The Morgan fingerprint density at radius 1 is 1.41 bits per heavy atom. The summed E-state index contributed by atoms with van der Waals surface area (Å²) >= 11 is 1.64. The highest BCUT2D eigenvalue weighted by Gasteiger charge is 2.09. The predicted molar refractivity (Wildman–Crippen MR) is 71.1 cm³/mol. The van der Waals surface area contributed by atoms with Gasteiger partial charge < -0.3 is 10.6 Å². The van der Waals surface area contributed by atoms with Crippen LogP contribution in [0.4, 0.5) is 5.13 Å². The van der Waals surface area contributed by atoms with E-state index in [0.717, 1.165) is 16.6 Å². The maximum absolute atomic E-state index is 5.82. The van der Waals surface area contributed by atoms with Gasteiger partial charge in [0.25, 0.3) is 0 Å². The molecule has 0 aromatic carbocycles. The number of hydrogen-bond donors (Lipinski definition) is 1. The first-order valence-corrected chi connectivity index (χ1v) is 6.30. The van der Waals surface area contributed by atoms with Crippen LogP contribution < -0.4 is 10.6 Å². The van der Waals surface area contributed by atoms with Gasteiger partial charge in [-0.1, -0.05) is 0 Å². The molecule has 4 nitrogen and oxygen atoms in total. The van der Waals surface area contributed by atoms with Crippen LogP contribution in [0.1, 0.15) is 23.4 Å². The number of hydrogen-bond acceptors (Lipinski definition) is 5. The summed E-state index contributed by atoms with van der Waals surface area (Å²) in [5.74, 6) is 0. The Hall–Kier alpha value is -1.46. The Morgan fingerprint density at radius 2 is 2.12 bits per heavy atom. The van der Waals surface area contributed by atoms with Crippen molar-refractivity contribution in [2.24, 2.45) is 5.73 Å². The van der Waals surface area contributed by atoms with Crippen molar-refractivity contribution < 1.29 is 0 Å². The zero-order chi connectivity index (χ0) is 12.3. The lowest BCUT2D eigenvalue weighted by atomic mass is 10.2. The van der Waals surface area contributed by atoms with Crippen LogP contribution in [0.15, 0.2) is 30.7 Å². The molecule has 0 saturated heterocycles. The van der Waals surface area contributed by atoms with Gasteiger partial charge >= 0.3 is 0 Å². The van der Waals surface area contributed by atoms with E-state index in [2.05, 4.69) is 14.9 Å². The maximum Gasteiger partial charge on any atom is 0.185 e. The minimum Gasteiger partial charge on any atom is -0.347 e. The van der Waals surface area contributed by atoms with Crippen LogP contribution in [-0.4, -0.2) is 17.0 Å². The van der Waals surface area contributed by atoms with Crippen LogP contribution in [0.2, 0.25) is 0 Å². The van der Waals surface area contributed by atoms with E-state index in [1.54, 1.807) is 23.7 Å². The Labute approximate surface area is 105 Å². The third kappa shape index (κ3) is 3.01. The zero-order valence-electron chi connectivity index (χ0n) is 10.00. The highest BCUT2D eigenvalue weighted by atomic mass is 32.1. The molecule has 0 aliphatic heterocycles. The summed E-state index contributed by atoms with van der Waals surface area (Å²) in [5.41, 5.74) is 7.05. The molecular weight excluding hydrogens is 232 g/mol. The van der Waals surface area contributed by atoms with Gasteiger partial charge in [-0.2, -0.15) is 0 Å². The summed E-state index contributed by atoms with van der Waals surface area (Å²) in [6, 6.07) is 4.07. The summed E-state index contributed by atoms with van der Waals surface area (Å²) in [4.78, 5) is 11.6. The normalized spacial score (nSPS) is 12.4. The quantitative estimate of drug-likeness (QED) is 0.901. The van der Waals surface area contributed by atoms with Crippen molar-refractivity contribution in [3.05, 3.63) is 41.2 Å². The van der Waals surface area contributed by atoms with Crippen LogP contribution in [0.3, 0.4) is 0 Å². The number of pyridine rings is 1. The van der Waals surface area contributed by atoms with Crippen molar-refractivity contribution in [1.29, 1.82) is 0 Å². The zero-order valence-corrected chi connectivity index (χ0v) is 10.8. The lowest BCUT2D eigenvalue weighted by Gasteiger charge is -2.15. The SMILES string of the molecule is CC(N)c1cnc(N(C)Cc2ccncc2)s1. The van der Waals surface area contributed by atoms with Gasteiger partial charge in [0, 0.05) is 43.1 Å². The molecule has 2 N–H and O–H groups in total. The summed E-state index contributed by atoms with van der Waals surface area (Å²) in [6.07, 6.45) is 5.46. The molecule has 0 aliphatic rings. The number of aromatic nitrogens is 2. The molecule has 2 aromatic heterocycles. The third-order valence-electron chi connectivity index (χ3n) is 2.46. The molecule has 2 rings (SSSR count). The fourth-order valence-electron chi connectivity index (χ4n) is 1.49. The number of thiazole rings is 1. The molecule has 1 unspecified atom stereocenters. The molecule has 0 radical (unpaired) electrons. The highest BCUT2D eigenvalue weighted by molar-refractivity contribution is 7.15. The fourth-order valence-corrected chi connectivity index (χ4v) is 2.32. The molecule has 0 aliphatic carbocycles. The Kier molecular flexibility index (Phi) is 3.71.